The van der Waals surface area contributed by atoms with Crippen molar-refractivity contribution in [3.8, 4) is 0 Å². The number of carbonyl (C=O) groups is 2. The molecule has 1 unspecified atom stereocenters. The molecule has 2 aliphatic rings. The largest absolute Gasteiger partial charge is 0.444 e. The summed E-state index contributed by atoms with van der Waals surface area (Å²) in [5.74, 6) is -1.88. The number of ether oxygens (including phenoxy) is 2. The third-order valence-corrected chi connectivity index (χ3v) is 8.51. The Labute approximate surface area is 254 Å². The third-order valence-electron chi connectivity index (χ3n) is 8.51. The molecule has 0 bridgehead atoms. The fraction of sp³-hybridized carbons (Fsp3) is 0.394. The Morgan fingerprint density at radius 1 is 0.889 bits per heavy atom. The minimum atomic E-state index is -5.02. The number of carbonyl (C=O) groups excluding carboxylic acids is 2. The van der Waals surface area contributed by atoms with Gasteiger partial charge in [0.2, 0.25) is 5.91 Å². The normalized spacial score (nSPS) is 22.9. The Kier molecular flexibility index (Phi) is 9.25. The molecule has 2 amide bonds. The molecule has 5 nitrogen and oxygen atoms in total. The molecule has 1 saturated carbocycles. The van der Waals surface area contributed by atoms with Crippen LogP contribution >= 0.6 is 0 Å². The molecule has 0 N–H and O–H groups in total. The molecule has 0 spiro atoms. The van der Waals surface area contributed by atoms with Crippen LogP contribution in [0.5, 0.6) is 0 Å². The molecule has 2 fully saturated rings. The SMILES string of the molecule is C[C@@H](O[C@H]1CC[C@@H](C2CCC(=O)N2C(=O)OCc2ccccc2)[C@@H]1c1ccc(F)cc1)c1cc(C(F)(F)F)cc(C(F)(F)F)c1. The number of nitrogens with zero attached hydrogens (tertiary/aromatic N) is 1. The van der Waals surface area contributed by atoms with Crippen molar-refractivity contribution in [1.82, 2.24) is 4.90 Å². The molecule has 5 rings (SSSR count). The molecule has 240 valence electrons. The Morgan fingerprint density at radius 2 is 1.51 bits per heavy atom. The van der Waals surface area contributed by atoms with Gasteiger partial charge in [0.25, 0.3) is 0 Å². The van der Waals surface area contributed by atoms with Crippen LogP contribution in [0.15, 0.2) is 72.8 Å². The van der Waals surface area contributed by atoms with Gasteiger partial charge in [0.05, 0.1) is 23.3 Å². The fourth-order valence-electron chi connectivity index (χ4n) is 6.41. The summed E-state index contributed by atoms with van der Waals surface area (Å²) < 4.78 is 107. The Balaban J connectivity index is 1.42. The van der Waals surface area contributed by atoms with Crippen LogP contribution in [0, 0.1) is 11.7 Å². The lowest BCUT2D eigenvalue weighted by Gasteiger charge is -2.34. The summed E-state index contributed by atoms with van der Waals surface area (Å²) >= 11 is 0. The van der Waals surface area contributed by atoms with Crippen LogP contribution in [0.4, 0.5) is 35.5 Å². The zero-order valence-electron chi connectivity index (χ0n) is 24.1. The van der Waals surface area contributed by atoms with Gasteiger partial charge in [-0.1, -0.05) is 42.5 Å². The zero-order valence-corrected chi connectivity index (χ0v) is 24.1. The van der Waals surface area contributed by atoms with Crippen LogP contribution < -0.4 is 0 Å². The average Bonchev–Trinajstić information content (AvgIpc) is 3.58. The summed E-state index contributed by atoms with van der Waals surface area (Å²) in [6.07, 6.45) is -11.6. The number of amides is 2. The van der Waals surface area contributed by atoms with Crippen LogP contribution in [-0.4, -0.2) is 29.0 Å². The lowest BCUT2D eigenvalue weighted by Crippen LogP contribution is -2.44. The molecule has 45 heavy (non-hydrogen) atoms. The molecule has 0 aromatic heterocycles. The molecular weight excluding hydrogens is 607 g/mol. The summed E-state index contributed by atoms with van der Waals surface area (Å²) in [4.78, 5) is 27.2. The van der Waals surface area contributed by atoms with E-state index in [4.69, 9.17) is 9.47 Å². The monoisotopic (exact) mass is 637 g/mol. The van der Waals surface area contributed by atoms with Gasteiger partial charge in [-0.05, 0) is 79.1 Å². The Bertz CT molecular complexity index is 1480. The van der Waals surface area contributed by atoms with Gasteiger partial charge in [-0.2, -0.15) is 26.3 Å². The highest BCUT2D eigenvalue weighted by molar-refractivity contribution is 5.94. The van der Waals surface area contributed by atoms with Crippen molar-refractivity contribution in [2.75, 3.05) is 0 Å². The van der Waals surface area contributed by atoms with Gasteiger partial charge in [0.1, 0.15) is 12.4 Å². The number of halogens is 7. The van der Waals surface area contributed by atoms with Gasteiger partial charge in [0.15, 0.2) is 0 Å². The molecule has 12 heteroatoms. The van der Waals surface area contributed by atoms with Crippen LogP contribution in [0.2, 0.25) is 0 Å². The molecule has 1 saturated heterocycles. The van der Waals surface area contributed by atoms with Gasteiger partial charge in [-0.25, -0.2) is 14.1 Å². The van der Waals surface area contributed by atoms with Crippen molar-refractivity contribution in [2.45, 2.75) is 75.7 Å². The van der Waals surface area contributed by atoms with Crippen LogP contribution in [0.3, 0.4) is 0 Å². The maximum absolute atomic E-state index is 13.9. The number of hydrogen-bond acceptors (Lipinski definition) is 4. The molecule has 1 aliphatic carbocycles. The lowest BCUT2D eigenvalue weighted by molar-refractivity contribution is -0.143. The van der Waals surface area contributed by atoms with Gasteiger partial charge in [0, 0.05) is 18.4 Å². The zero-order chi connectivity index (χ0) is 32.5. The summed E-state index contributed by atoms with van der Waals surface area (Å²) in [6.45, 7) is 1.32. The highest BCUT2D eigenvalue weighted by atomic mass is 19.4. The van der Waals surface area contributed by atoms with E-state index in [9.17, 15) is 40.3 Å². The van der Waals surface area contributed by atoms with E-state index in [2.05, 4.69) is 0 Å². The summed E-state index contributed by atoms with van der Waals surface area (Å²) in [5, 5.41) is 0. The standard InChI is InChI=1S/C33H30F7NO4/c1-19(22-15-23(32(35,36)37)17-24(16-22)33(38,39)40)45-28-13-11-26(30(28)21-7-9-25(34)10-8-21)27-12-14-29(42)41(27)31(43)44-18-20-5-3-2-4-6-20/h2-10,15-17,19,26-28,30H,11-14,18H2,1H3/t19-,26+,27?,28+,30+/m1/s1. The maximum Gasteiger partial charge on any atom is 0.417 e. The van der Waals surface area contributed by atoms with Crippen LogP contribution in [0.1, 0.15) is 72.4 Å². The minimum Gasteiger partial charge on any atom is -0.444 e. The van der Waals surface area contributed by atoms with E-state index in [1.54, 1.807) is 24.3 Å². The Morgan fingerprint density at radius 3 is 2.11 bits per heavy atom. The summed E-state index contributed by atoms with van der Waals surface area (Å²) in [7, 11) is 0. The van der Waals surface area contributed by atoms with Crippen molar-refractivity contribution >= 4 is 12.0 Å². The summed E-state index contributed by atoms with van der Waals surface area (Å²) in [6, 6.07) is 15.2. The van der Waals surface area contributed by atoms with Gasteiger partial charge < -0.3 is 9.47 Å². The van der Waals surface area contributed by atoms with Crippen molar-refractivity contribution in [2.24, 2.45) is 5.92 Å². The lowest BCUT2D eigenvalue weighted by atomic mass is 9.82. The van der Waals surface area contributed by atoms with Crippen molar-refractivity contribution in [3.63, 3.8) is 0 Å². The first-order chi connectivity index (χ1) is 21.2. The molecule has 3 aromatic rings. The number of rotatable bonds is 7. The molecule has 1 heterocycles. The highest BCUT2D eigenvalue weighted by Crippen LogP contribution is 2.49. The predicted molar refractivity (Wildman–Crippen MR) is 148 cm³/mol. The number of benzene rings is 3. The number of likely N-dealkylation sites (tertiary alicyclic amines) is 1. The van der Waals surface area contributed by atoms with Crippen molar-refractivity contribution < 1.29 is 49.8 Å². The second-order valence-electron chi connectivity index (χ2n) is 11.4. The van der Waals surface area contributed by atoms with E-state index in [0.717, 1.165) is 10.5 Å². The van der Waals surface area contributed by atoms with Crippen molar-refractivity contribution in [1.29, 1.82) is 0 Å². The van der Waals surface area contributed by atoms with E-state index >= 15 is 0 Å². The average molecular weight is 638 g/mol. The Hall–Kier alpha value is -3.93. The van der Waals surface area contributed by atoms with Gasteiger partial charge >= 0.3 is 18.4 Å². The van der Waals surface area contributed by atoms with E-state index in [0.29, 0.717) is 37.0 Å². The number of hydrogen-bond donors (Lipinski definition) is 0. The smallest absolute Gasteiger partial charge is 0.417 e. The maximum atomic E-state index is 13.9. The van der Waals surface area contributed by atoms with Crippen LogP contribution in [0.25, 0.3) is 0 Å². The van der Waals surface area contributed by atoms with Crippen LogP contribution in [-0.2, 0) is 33.2 Å². The number of imide groups is 1. The highest BCUT2D eigenvalue weighted by Gasteiger charge is 2.49. The minimum absolute atomic E-state index is 0.0532. The molecule has 0 radical (unpaired) electrons. The predicted octanol–water partition coefficient (Wildman–Crippen LogP) is 8.83. The molecule has 1 aliphatic heterocycles. The van der Waals surface area contributed by atoms with Crippen molar-refractivity contribution in [3.05, 3.63) is 106 Å². The first kappa shape index (κ1) is 32.5. The third kappa shape index (κ3) is 7.32. The number of alkyl halides is 6. The second-order valence-corrected chi connectivity index (χ2v) is 11.4. The van der Waals surface area contributed by atoms with E-state index in [1.807, 2.05) is 6.07 Å². The summed E-state index contributed by atoms with van der Waals surface area (Å²) in [5.41, 5.74) is -1.87. The molecular formula is C33H30F7NO4. The first-order valence-corrected chi connectivity index (χ1v) is 14.5. The quantitative estimate of drug-likeness (QED) is 0.243. The van der Waals surface area contributed by atoms with Gasteiger partial charge in [-0.15, -0.1) is 0 Å². The fourth-order valence-corrected chi connectivity index (χ4v) is 6.41. The van der Waals surface area contributed by atoms with E-state index < -0.39 is 71.4 Å². The first-order valence-electron chi connectivity index (χ1n) is 14.5. The molecule has 3 aromatic carbocycles. The second kappa shape index (κ2) is 12.8. The topological polar surface area (TPSA) is 55.8 Å². The van der Waals surface area contributed by atoms with Gasteiger partial charge in [-0.3, -0.25) is 4.79 Å². The van der Waals surface area contributed by atoms with E-state index in [1.165, 1.54) is 31.2 Å². The van der Waals surface area contributed by atoms with E-state index in [-0.39, 0.29) is 24.7 Å². The molecule has 5 atom stereocenters.